The Morgan fingerprint density at radius 3 is 2.61 bits per heavy atom. The average molecular weight is 411 g/mol. The van der Waals surface area contributed by atoms with Gasteiger partial charge in [-0.2, -0.15) is 0 Å². The smallest absolute Gasteiger partial charge is 0.223 e. The molecule has 1 aromatic carbocycles. The number of amides is 1. The number of sulfonamides is 1. The van der Waals surface area contributed by atoms with Gasteiger partial charge in [0.25, 0.3) is 0 Å². The Bertz CT molecular complexity index is 829. The van der Waals surface area contributed by atoms with E-state index in [1.807, 2.05) is 32.0 Å². The molecule has 3 rings (SSSR count). The molecule has 28 heavy (non-hydrogen) atoms. The number of piperidine rings is 1. The van der Waals surface area contributed by atoms with Crippen LogP contribution in [-0.2, 0) is 14.8 Å². The Labute approximate surface area is 167 Å². The van der Waals surface area contributed by atoms with Gasteiger partial charge in [-0.05, 0) is 45.7 Å². The number of hydrogen-bond donors (Lipinski definition) is 1. The van der Waals surface area contributed by atoms with Crippen LogP contribution in [-0.4, -0.2) is 50.2 Å². The van der Waals surface area contributed by atoms with Crippen LogP contribution in [0.3, 0.4) is 0 Å². The third-order valence-corrected chi connectivity index (χ3v) is 7.46. The predicted molar refractivity (Wildman–Crippen MR) is 107 cm³/mol. The van der Waals surface area contributed by atoms with Crippen LogP contribution in [0.15, 0.2) is 18.2 Å². The molecule has 1 amide bonds. The molecule has 1 atom stereocenters. The number of rotatable bonds is 5. The van der Waals surface area contributed by atoms with Gasteiger partial charge in [0.15, 0.2) is 0 Å². The second kappa shape index (κ2) is 7.91. The first-order valence-corrected chi connectivity index (χ1v) is 11.4. The second-order valence-electron chi connectivity index (χ2n) is 8.10. The van der Waals surface area contributed by atoms with E-state index in [0.29, 0.717) is 38.1 Å². The number of fused-ring (bicyclic) bond motifs is 1. The Hall–Kier alpha value is -1.80. The first-order chi connectivity index (χ1) is 13.1. The SMILES string of the molecule is CCS(=O)(=O)N1CCC(C(=O)N[C@@H]2CC(C)(C)Oc3cc(OC)ccc32)CC1. The van der Waals surface area contributed by atoms with Crippen molar-refractivity contribution in [2.45, 2.75) is 51.7 Å². The third kappa shape index (κ3) is 4.43. The predicted octanol–water partition coefficient (Wildman–Crippen LogP) is 2.48. The van der Waals surface area contributed by atoms with E-state index < -0.39 is 15.6 Å². The molecule has 2 heterocycles. The van der Waals surface area contributed by atoms with Gasteiger partial charge in [0.1, 0.15) is 17.1 Å². The van der Waals surface area contributed by atoms with Gasteiger partial charge in [0.05, 0.1) is 18.9 Å². The van der Waals surface area contributed by atoms with E-state index in [-0.39, 0.29) is 23.6 Å². The lowest BCUT2D eigenvalue weighted by atomic mass is 9.88. The highest BCUT2D eigenvalue weighted by Crippen LogP contribution is 2.41. The van der Waals surface area contributed by atoms with E-state index in [1.54, 1.807) is 14.0 Å². The zero-order valence-electron chi connectivity index (χ0n) is 17.0. The van der Waals surface area contributed by atoms with E-state index in [1.165, 1.54) is 4.31 Å². The summed E-state index contributed by atoms with van der Waals surface area (Å²) in [5, 5.41) is 3.18. The number of ether oxygens (including phenoxy) is 2. The van der Waals surface area contributed by atoms with Crippen molar-refractivity contribution in [3.8, 4) is 11.5 Å². The molecule has 8 heteroatoms. The quantitative estimate of drug-likeness (QED) is 0.806. The average Bonchev–Trinajstić information content (AvgIpc) is 2.66. The summed E-state index contributed by atoms with van der Waals surface area (Å²) in [6.07, 6.45) is 1.77. The van der Waals surface area contributed by atoms with Gasteiger partial charge in [-0.15, -0.1) is 0 Å². The highest BCUT2D eigenvalue weighted by Gasteiger charge is 2.37. The molecule has 2 aliphatic heterocycles. The molecule has 1 saturated heterocycles. The van der Waals surface area contributed by atoms with Crippen LogP contribution in [0.1, 0.15) is 51.6 Å². The molecule has 0 unspecified atom stereocenters. The minimum atomic E-state index is -3.19. The maximum atomic E-state index is 12.9. The Balaban J connectivity index is 1.69. The number of carbonyl (C=O) groups is 1. The van der Waals surface area contributed by atoms with Crippen LogP contribution < -0.4 is 14.8 Å². The van der Waals surface area contributed by atoms with Crippen molar-refractivity contribution in [2.75, 3.05) is 26.0 Å². The van der Waals surface area contributed by atoms with Gasteiger partial charge in [-0.25, -0.2) is 12.7 Å². The van der Waals surface area contributed by atoms with E-state index in [2.05, 4.69) is 5.32 Å². The maximum Gasteiger partial charge on any atom is 0.223 e. The maximum absolute atomic E-state index is 12.9. The van der Waals surface area contributed by atoms with Gasteiger partial charge in [-0.3, -0.25) is 4.79 Å². The molecule has 7 nitrogen and oxygen atoms in total. The molecule has 0 aliphatic carbocycles. The molecular formula is C20H30N2O5S. The monoisotopic (exact) mass is 410 g/mol. The number of carbonyl (C=O) groups excluding carboxylic acids is 1. The van der Waals surface area contributed by atoms with Crippen LogP contribution >= 0.6 is 0 Å². The fourth-order valence-electron chi connectivity index (χ4n) is 3.96. The fraction of sp³-hybridized carbons (Fsp3) is 0.650. The highest BCUT2D eigenvalue weighted by molar-refractivity contribution is 7.89. The van der Waals surface area contributed by atoms with Crippen LogP contribution in [0, 0.1) is 5.92 Å². The first kappa shape index (κ1) is 20.9. The molecule has 2 aliphatic rings. The van der Waals surface area contributed by atoms with Gasteiger partial charge < -0.3 is 14.8 Å². The Kier molecular flexibility index (Phi) is 5.91. The second-order valence-corrected chi connectivity index (χ2v) is 10.4. The topological polar surface area (TPSA) is 84.9 Å². The molecule has 0 spiro atoms. The molecule has 0 radical (unpaired) electrons. The van der Waals surface area contributed by atoms with Crippen LogP contribution in [0.5, 0.6) is 11.5 Å². The normalized spacial score (nSPS) is 22.8. The third-order valence-electron chi connectivity index (χ3n) is 5.58. The minimum Gasteiger partial charge on any atom is -0.497 e. The van der Waals surface area contributed by atoms with Crippen molar-refractivity contribution in [3.05, 3.63) is 23.8 Å². The summed E-state index contributed by atoms with van der Waals surface area (Å²) in [4.78, 5) is 12.9. The summed E-state index contributed by atoms with van der Waals surface area (Å²) in [5.41, 5.74) is 0.537. The molecule has 156 valence electrons. The van der Waals surface area contributed by atoms with Crippen molar-refractivity contribution in [1.29, 1.82) is 0 Å². The number of hydrogen-bond acceptors (Lipinski definition) is 5. The van der Waals surface area contributed by atoms with E-state index in [9.17, 15) is 13.2 Å². The van der Waals surface area contributed by atoms with Crippen LogP contribution in [0.2, 0.25) is 0 Å². The number of nitrogens with one attached hydrogen (secondary N) is 1. The van der Waals surface area contributed by atoms with Crippen LogP contribution in [0.25, 0.3) is 0 Å². The summed E-state index contributed by atoms with van der Waals surface area (Å²) in [6.45, 7) is 6.46. The lowest BCUT2D eigenvalue weighted by Crippen LogP contribution is -2.46. The molecule has 1 aromatic rings. The van der Waals surface area contributed by atoms with Gasteiger partial charge in [0.2, 0.25) is 15.9 Å². The zero-order chi connectivity index (χ0) is 20.5. The fourth-order valence-corrected chi connectivity index (χ4v) is 5.09. The molecule has 1 N–H and O–H groups in total. The summed E-state index contributed by atoms with van der Waals surface area (Å²) < 4.78 is 36.9. The summed E-state index contributed by atoms with van der Waals surface area (Å²) in [7, 11) is -1.58. The van der Waals surface area contributed by atoms with Gasteiger partial charge in [0, 0.05) is 37.1 Å². The Morgan fingerprint density at radius 2 is 2.00 bits per heavy atom. The van der Waals surface area contributed by atoms with Crippen LogP contribution in [0.4, 0.5) is 0 Å². The lowest BCUT2D eigenvalue weighted by Gasteiger charge is -2.39. The largest absolute Gasteiger partial charge is 0.497 e. The summed E-state index contributed by atoms with van der Waals surface area (Å²) in [5.74, 6) is 1.35. The van der Waals surface area contributed by atoms with Gasteiger partial charge in [-0.1, -0.05) is 0 Å². The molecular weight excluding hydrogens is 380 g/mol. The number of methoxy groups -OCH3 is 1. The van der Waals surface area contributed by atoms with Crippen molar-refractivity contribution in [2.24, 2.45) is 5.92 Å². The van der Waals surface area contributed by atoms with Crippen molar-refractivity contribution < 1.29 is 22.7 Å². The lowest BCUT2D eigenvalue weighted by molar-refractivity contribution is -0.127. The van der Waals surface area contributed by atoms with Crippen molar-refractivity contribution in [1.82, 2.24) is 9.62 Å². The molecule has 0 bridgehead atoms. The molecule has 0 aromatic heterocycles. The van der Waals surface area contributed by atoms with Crippen molar-refractivity contribution >= 4 is 15.9 Å². The zero-order valence-corrected chi connectivity index (χ0v) is 17.8. The Morgan fingerprint density at radius 1 is 1.32 bits per heavy atom. The summed E-state index contributed by atoms with van der Waals surface area (Å²) >= 11 is 0. The highest BCUT2D eigenvalue weighted by atomic mass is 32.2. The molecule has 1 fully saturated rings. The van der Waals surface area contributed by atoms with E-state index in [4.69, 9.17) is 9.47 Å². The number of benzene rings is 1. The molecule has 0 saturated carbocycles. The van der Waals surface area contributed by atoms with E-state index >= 15 is 0 Å². The minimum absolute atomic E-state index is 0.0157. The first-order valence-electron chi connectivity index (χ1n) is 9.80. The standard InChI is InChI=1S/C20H30N2O5S/c1-5-28(24,25)22-10-8-14(9-11-22)19(23)21-17-13-20(2,3)27-18-12-15(26-4)6-7-16(17)18/h6-7,12,14,17H,5,8-11,13H2,1-4H3,(H,21,23)/t17-/m1/s1. The van der Waals surface area contributed by atoms with Crippen molar-refractivity contribution in [3.63, 3.8) is 0 Å². The van der Waals surface area contributed by atoms with E-state index in [0.717, 1.165) is 11.3 Å². The number of nitrogens with zero attached hydrogens (tertiary/aromatic N) is 1. The van der Waals surface area contributed by atoms with Gasteiger partial charge >= 0.3 is 0 Å². The summed E-state index contributed by atoms with van der Waals surface area (Å²) in [6, 6.07) is 5.51.